The Bertz CT molecular complexity index is 1120. The van der Waals surface area contributed by atoms with Gasteiger partial charge in [-0.2, -0.15) is 0 Å². The fourth-order valence-corrected chi connectivity index (χ4v) is 5.31. The van der Waals surface area contributed by atoms with Crippen LogP contribution in [-0.4, -0.2) is 58.3 Å². The van der Waals surface area contributed by atoms with Crippen molar-refractivity contribution in [1.82, 2.24) is 24.9 Å². The molecule has 0 radical (unpaired) electrons. The predicted octanol–water partition coefficient (Wildman–Crippen LogP) is 2.48. The molecule has 7 nitrogen and oxygen atoms in total. The maximum Gasteiger partial charge on any atom is 0.268 e. The second-order valence-electron chi connectivity index (χ2n) is 9.36. The van der Waals surface area contributed by atoms with Crippen LogP contribution in [0.1, 0.15) is 49.3 Å². The number of nitrogens with one attached hydrogen (secondary N) is 2. The van der Waals surface area contributed by atoms with Crippen LogP contribution in [0, 0.1) is 5.41 Å². The largest absolute Gasteiger partial charge is 0.350 e. The molecule has 2 atom stereocenters. The molecule has 2 aromatic rings. The summed E-state index contributed by atoms with van der Waals surface area (Å²) in [6, 6.07) is 5.83. The minimum atomic E-state index is -0.110. The molecule has 1 saturated carbocycles. The number of fused-ring (bicyclic) bond motifs is 2. The smallest absolute Gasteiger partial charge is 0.268 e. The zero-order chi connectivity index (χ0) is 22.3. The third-order valence-electron chi connectivity index (χ3n) is 7.36. The quantitative estimate of drug-likeness (QED) is 0.710. The molecule has 32 heavy (non-hydrogen) atoms. The fourth-order valence-electron chi connectivity index (χ4n) is 5.31. The number of imidazole rings is 1. The summed E-state index contributed by atoms with van der Waals surface area (Å²) in [4.78, 5) is 32.4. The molecular formula is C25H31N5O2. The van der Waals surface area contributed by atoms with E-state index in [4.69, 9.17) is 0 Å². The molecular weight excluding hydrogens is 402 g/mol. The standard InChI is InChI=1S/C25H31N5O2/c1-17-5-3-6-19-9-10-25(17,19)16-27-24(32)21-7-4-8-22-28-20(15-30(21)22)13-23(31)29-12-11-26-18(2)14-29/h4-8,15,18,26H,3,9-14,16H2,1-2H3,(H,27,32)/t18-,25-/m1/s1. The molecule has 3 aliphatic rings. The van der Waals surface area contributed by atoms with Crippen LogP contribution < -0.4 is 10.6 Å². The average Bonchev–Trinajstić information content (AvgIpc) is 3.17. The molecule has 2 fully saturated rings. The summed E-state index contributed by atoms with van der Waals surface area (Å²) in [6.45, 7) is 7.13. The first kappa shape index (κ1) is 20.9. The topological polar surface area (TPSA) is 78.7 Å². The van der Waals surface area contributed by atoms with Crippen molar-refractivity contribution in [3.05, 3.63) is 59.1 Å². The molecule has 2 aromatic heterocycles. The van der Waals surface area contributed by atoms with E-state index in [1.807, 2.05) is 29.3 Å². The summed E-state index contributed by atoms with van der Waals surface area (Å²) in [5.74, 6) is -0.0310. The minimum Gasteiger partial charge on any atom is -0.350 e. The van der Waals surface area contributed by atoms with Gasteiger partial charge in [0.25, 0.3) is 5.91 Å². The monoisotopic (exact) mass is 433 g/mol. The lowest BCUT2D eigenvalue weighted by atomic mass is 9.58. The van der Waals surface area contributed by atoms with E-state index in [2.05, 4.69) is 41.6 Å². The van der Waals surface area contributed by atoms with Crippen LogP contribution >= 0.6 is 0 Å². The Kier molecular flexibility index (Phi) is 5.37. The number of nitrogens with zero attached hydrogens (tertiary/aromatic N) is 3. The number of aromatic nitrogens is 2. The molecule has 7 heteroatoms. The van der Waals surface area contributed by atoms with Gasteiger partial charge in [-0.05, 0) is 45.2 Å². The maximum atomic E-state index is 13.1. The lowest BCUT2D eigenvalue weighted by Gasteiger charge is -2.48. The number of carbonyl (C=O) groups is 2. The normalized spacial score (nSPS) is 24.9. The summed E-state index contributed by atoms with van der Waals surface area (Å²) in [5, 5.41) is 6.52. The highest BCUT2D eigenvalue weighted by atomic mass is 16.2. The van der Waals surface area contributed by atoms with Crippen LogP contribution in [0.2, 0.25) is 0 Å². The third-order valence-corrected chi connectivity index (χ3v) is 7.36. The highest BCUT2D eigenvalue weighted by molar-refractivity contribution is 5.93. The molecule has 168 valence electrons. The van der Waals surface area contributed by atoms with E-state index >= 15 is 0 Å². The third kappa shape index (κ3) is 3.64. The summed E-state index contributed by atoms with van der Waals surface area (Å²) < 4.78 is 1.80. The van der Waals surface area contributed by atoms with Crippen LogP contribution in [-0.2, 0) is 11.2 Å². The number of allylic oxidation sites excluding steroid dienone is 2. The van der Waals surface area contributed by atoms with E-state index in [1.54, 1.807) is 4.40 Å². The lowest BCUT2D eigenvalue weighted by Crippen LogP contribution is -2.51. The van der Waals surface area contributed by atoms with Gasteiger partial charge in [0.2, 0.25) is 5.91 Å². The SMILES string of the molecule is CC1=CCC=C2CC[C@@]12CNC(=O)c1cccc2nc(CC(=O)N3CCN[C@H](C)C3)cn12. The van der Waals surface area contributed by atoms with E-state index in [-0.39, 0.29) is 23.7 Å². The van der Waals surface area contributed by atoms with Crippen LogP contribution in [0.5, 0.6) is 0 Å². The number of piperazine rings is 1. The van der Waals surface area contributed by atoms with Crippen LogP contribution in [0.3, 0.4) is 0 Å². The highest BCUT2D eigenvalue weighted by Gasteiger charge is 2.44. The molecule has 1 saturated heterocycles. The summed E-state index contributed by atoms with van der Waals surface area (Å²) in [7, 11) is 0. The first-order valence-electron chi connectivity index (χ1n) is 11.6. The van der Waals surface area contributed by atoms with Crippen molar-refractivity contribution in [2.45, 2.75) is 45.6 Å². The van der Waals surface area contributed by atoms with Crippen molar-refractivity contribution in [2.24, 2.45) is 5.41 Å². The molecule has 5 rings (SSSR count). The van der Waals surface area contributed by atoms with Gasteiger partial charge in [0.15, 0.2) is 0 Å². The van der Waals surface area contributed by atoms with Gasteiger partial charge >= 0.3 is 0 Å². The molecule has 0 unspecified atom stereocenters. The van der Waals surface area contributed by atoms with Gasteiger partial charge in [-0.15, -0.1) is 0 Å². The van der Waals surface area contributed by atoms with E-state index in [1.165, 1.54) is 11.1 Å². The number of pyridine rings is 1. The van der Waals surface area contributed by atoms with Gasteiger partial charge < -0.3 is 15.5 Å². The first-order valence-corrected chi connectivity index (χ1v) is 11.6. The van der Waals surface area contributed by atoms with Gasteiger partial charge in [0, 0.05) is 43.8 Å². The van der Waals surface area contributed by atoms with Gasteiger partial charge in [0.05, 0.1) is 12.1 Å². The minimum absolute atomic E-state index is 0.00869. The summed E-state index contributed by atoms with van der Waals surface area (Å²) in [6.07, 6.45) is 9.87. The maximum absolute atomic E-state index is 13.1. The van der Waals surface area contributed by atoms with Crippen molar-refractivity contribution in [1.29, 1.82) is 0 Å². The molecule has 1 aliphatic heterocycles. The van der Waals surface area contributed by atoms with Crippen molar-refractivity contribution < 1.29 is 9.59 Å². The summed E-state index contributed by atoms with van der Waals surface area (Å²) >= 11 is 0. The Morgan fingerprint density at radius 1 is 1.31 bits per heavy atom. The summed E-state index contributed by atoms with van der Waals surface area (Å²) in [5.41, 5.74) is 4.75. The zero-order valence-corrected chi connectivity index (χ0v) is 18.9. The van der Waals surface area contributed by atoms with E-state index in [0.29, 0.717) is 36.2 Å². The lowest BCUT2D eigenvalue weighted by molar-refractivity contribution is -0.131. The number of rotatable bonds is 5. The Balaban J connectivity index is 1.30. The van der Waals surface area contributed by atoms with Crippen molar-refractivity contribution in [3.63, 3.8) is 0 Å². The van der Waals surface area contributed by atoms with Crippen LogP contribution in [0.15, 0.2) is 47.7 Å². The number of hydrogen-bond donors (Lipinski definition) is 2. The second-order valence-corrected chi connectivity index (χ2v) is 9.36. The second kappa shape index (κ2) is 8.20. The average molecular weight is 434 g/mol. The van der Waals surface area contributed by atoms with E-state index in [0.717, 1.165) is 32.4 Å². The molecule has 0 spiro atoms. The molecule has 2 aliphatic carbocycles. The first-order chi connectivity index (χ1) is 15.5. The van der Waals surface area contributed by atoms with Gasteiger partial charge in [-0.1, -0.05) is 29.4 Å². The Morgan fingerprint density at radius 3 is 2.94 bits per heavy atom. The predicted molar refractivity (Wildman–Crippen MR) is 123 cm³/mol. The van der Waals surface area contributed by atoms with E-state index < -0.39 is 0 Å². The van der Waals surface area contributed by atoms with Crippen molar-refractivity contribution >= 4 is 17.5 Å². The number of carbonyl (C=O) groups excluding carboxylic acids is 2. The molecule has 2 amide bonds. The Labute approximate surface area is 188 Å². The Hall–Kier alpha value is -2.93. The molecule has 2 N–H and O–H groups in total. The van der Waals surface area contributed by atoms with Gasteiger partial charge in [0.1, 0.15) is 11.3 Å². The van der Waals surface area contributed by atoms with Gasteiger partial charge in [-0.3, -0.25) is 14.0 Å². The Morgan fingerprint density at radius 2 is 2.19 bits per heavy atom. The molecule has 0 aromatic carbocycles. The van der Waals surface area contributed by atoms with E-state index in [9.17, 15) is 9.59 Å². The molecule has 3 heterocycles. The number of amides is 2. The van der Waals surface area contributed by atoms with Crippen LogP contribution in [0.25, 0.3) is 5.65 Å². The fraction of sp³-hybridized carbons (Fsp3) is 0.480. The van der Waals surface area contributed by atoms with Gasteiger partial charge in [-0.25, -0.2) is 4.98 Å². The van der Waals surface area contributed by atoms with Crippen LogP contribution in [0.4, 0.5) is 0 Å². The zero-order valence-electron chi connectivity index (χ0n) is 18.9. The van der Waals surface area contributed by atoms with Crippen molar-refractivity contribution in [3.8, 4) is 0 Å². The molecule has 0 bridgehead atoms. The number of hydrogen-bond acceptors (Lipinski definition) is 4. The van der Waals surface area contributed by atoms with Crippen molar-refractivity contribution in [2.75, 3.05) is 26.2 Å². The highest BCUT2D eigenvalue weighted by Crippen LogP contribution is 2.53.